The Hall–Kier alpha value is -2.14. The van der Waals surface area contributed by atoms with Gasteiger partial charge in [-0.2, -0.15) is 5.10 Å². The van der Waals surface area contributed by atoms with Gasteiger partial charge in [-0.1, -0.05) is 30.3 Å². The molecule has 0 aliphatic carbocycles. The monoisotopic (exact) mass is 340 g/mol. The highest BCUT2D eigenvalue weighted by atomic mass is 16.2. The van der Waals surface area contributed by atoms with Crippen molar-refractivity contribution in [2.75, 3.05) is 19.6 Å². The Morgan fingerprint density at radius 1 is 1.24 bits per heavy atom. The van der Waals surface area contributed by atoms with Gasteiger partial charge in [-0.3, -0.25) is 9.48 Å². The lowest BCUT2D eigenvalue weighted by atomic mass is 9.90. The normalized spacial score (nSPS) is 16.8. The van der Waals surface area contributed by atoms with Gasteiger partial charge in [0.1, 0.15) is 0 Å². The Bertz CT molecular complexity index is 633. The summed E-state index contributed by atoms with van der Waals surface area (Å²) in [6.07, 6.45) is 7.05. The molecule has 1 aromatic heterocycles. The summed E-state index contributed by atoms with van der Waals surface area (Å²) >= 11 is 0. The zero-order chi connectivity index (χ0) is 17.5. The summed E-state index contributed by atoms with van der Waals surface area (Å²) in [5.41, 5.74) is 1.40. The highest BCUT2D eigenvalue weighted by Gasteiger charge is 2.23. The van der Waals surface area contributed by atoms with E-state index in [9.17, 15) is 4.79 Å². The van der Waals surface area contributed by atoms with Gasteiger partial charge in [-0.25, -0.2) is 0 Å². The minimum atomic E-state index is 0.213. The van der Waals surface area contributed by atoms with Crippen molar-refractivity contribution in [2.45, 2.75) is 38.8 Å². The van der Waals surface area contributed by atoms with Gasteiger partial charge in [0.25, 0.3) is 0 Å². The van der Waals surface area contributed by atoms with Crippen LogP contribution in [0, 0.1) is 5.92 Å². The first-order valence-electron chi connectivity index (χ1n) is 9.23. The number of amides is 1. The highest BCUT2D eigenvalue weighted by Crippen LogP contribution is 2.21. The molecule has 0 saturated carbocycles. The molecule has 1 atom stereocenters. The molecule has 0 radical (unpaired) electrons. The van der Waals surface area contributed by atoms with Crippen molar-refractivity contribution < 1.29 is 4.79 Å². The number of nitrogens with zero attached hydrogens (tertiary/aromatic N) is 3. The number of piperidine rings is 1. The molecule has 1 N–H and O–H groups in total. The van der Waals surface area contributed by atoms with E-state index >= 15 is 0 Å². The van der Waals surface area contributed by atoms with Crippen LogP contribution in [-0.2, 0) is 17.8 Å². The van der Waals surface area contributed by atoms with Crippen LogP contribution in [0.5, 0.6) is 0 Å². The van der Waals surface area contributed by atoms with Gasteiger partial charge in [-0.05, 0) is 43.7 Å². The Kier molecular flexibility index (Phi) is 6.23. The van der Waals surface area contributed by atoms with E-state index in [1.807, 2.05) is 21.8 Å². The molecule has 5 heteroatoms. The summed E-state index contributed by atoms with van der Waals surface area (Å²) in [5, 5.41) is 7.51. The number of likely N-dealkylation sites (tertiary alicyclic amines) is 1. The number of hydrogen-bond donors (Lipinski definition) is 1. The van der Waals surface area contributed by atoms with Crippen molar-refractivity contribution in [1.29, 1.82) is 0 Å². The first-order chi connectivity index (χ1) is 12.2. The van der Waals surface area contributed by atoms with Crippen LogP contribution in [0.3, 0.4) is 0 Å². The summed E-state index contributed by atoms with van der Waals surface area (Å²) in [7, 11) is 0. The fourth-order valence-corrected chi connectivity index (χ4v) is 3.46. The zero-order valence-corrected chi connectivity index (χ0v) is 15.0. The van der Waals surface area contributed by atoms with Crippen molar-refractivity contribution in [2.24, 2.45) is 5.92 Å². The molecule has 1 amide bonds. The Morgan fingerprint density at radius 2 is 2.00 bits per heavy atom. The van der Waals surface area contributed by atoms with E-state index in [0.717, 1.165) is 38.9 Å². The van der Waals surface area contributed by atoms with E-state index in [1.165, 1.54) is 5.56 Å². The molecule has 2 heterocycles. The average Bonchev–Trinajstić information content (AvgIpc) is 3.14. The van der Waals surface area contributed by atoms with E-state index < -0.39 is 0 Å². The van der Waals surface area contributed by atoms with E-state index in [2.05, 4.69) is 47.7 Å². The lowest BCUT2D eigenvalue weighted by Crippen LogP contribution is -2.45. The number of nitrogens with one attached hydrogen (secondary N) is 1. The van der Waals surface area contributed by atoms with Crippen LogP contribution >= 0.6 is 0 Å². The number of carbonyl (C=O) groups excluding carboxylic acids is 1. The summed E-state index contributed by atoms with van der Waals surface area (Å²) in [5.74, 6) is 0.906. The van der Waals surface area contributed by atoms with Crippen LogP contribution in [-0.4, -0.2) is 46.3 Å². The van der Waals surface area contributed by atoms with Crippen molar-refractivity contribution >= 4 is 5.91 Å². The molecule has 134 valence electrons. The second kappa shape index (κ2) is 8.81. The van der Waals surface area contributed by atoms with Gasteiger partial charge < -0.3 is 10.2 Å². The smallest absolute Gasteiger partial charge is 0.236 e. The molecule has 1 aliphatic rings. The maximum absolute atomic E-state index is 12.4. The molecule has 1 aromatic carbocycles. The van der Waals surface area contributed by atoms with Crippen LogP contribution in [0.2, 0.25) is 0 Å². The van der Waals surface area contributed by atoms with E-state index in [1.54, 1.807) is 6.20 Å². The third-order valence-electron chi connectivity index (χ3n) is 4.96. The largest absolute Gasteiger partial charge is 0.342 e. The number of rotatable bonds is 7. The predicted octanol–water partition coefficient (Wildman–Crippen LogP) is 2.34. The summed E-state index contributed by atoms with van der Waals surface area (Å²) < 4.78 is 1.89. The summed E-state index contributed by atoms with van der Waals surface area (Å²) in [4.78, 5) is 14.4. The van der Waals surface area contributed by atoms with E-state index in [0.29, 0.717) is 12.5 Å². The molecule has 1 fully saturated rings. The fourth-order valence-electron chi connectivity index (χ4n) is 3.46. The maximum atomic E-state index is 12.4. The number of aromatic nitrogens is 2. The summed E-state index contributed by atoms with van der Waals surface area (Å²) in [6, 6.07) is 12.8. The quantitative estimate of drug-likeness (QED) is 0.842. The minimum Gasteiger partial charge on any atom is -0.342 e. The first kappa shape index (κ1) is 17.7. The SMILES string of the molecule is C[C@@H](Cn1cccn1)NCC(=O)N1CCC(Cc2ccccc2)CC1. The van der Waals surface area contributed by atoms with E-state index in [-0.39, 0.29) is 11.9 Å². The second-order valence-corrected chi connectivity index (χ2v) is 7.02. The number of benzene rings is 1. The molecule has 0 bridgehead atoms. The fraction of sp³-hybridized carbons (Fsp3) is 0.500. The van der Waals surface area contributed by atoms with Gasteiger partial charge in [0, 0.05) is 31.5 Å². The lowest BCUT2D eigenvalue weighted by molar-refractivity contribution is -0.131. The Morgan fingerprint density at radius 3 is 2.68 bits per heavy atom. The maximum Gasteiger partial charge on any atom is 0.236 e. The number of hydrogen-bond acceptors (Lipinski definition) is 3. The molecule has 1 aliphatic heterocycles. The van der Waals surface area contributed by atoms with E-state index in [4.69, 9.17) is 0 Å². The molecule has 25 heavy (non-hydrogen) atoms. The molecule has 5 nitrogen and oxygen atoms in total. The minimum absolute atomic E-state index is 0.213. The number of carbonyl (C=O) groups is 1. The molecule has 0 unspecified atom stereocenters. The third-order valence-corrected chi connectivity index (χ3v) is 4.96. The van der Waals surface area contributed by atoms with Gasteiger partial charge in [0.15, 0.2) is 0 Å². The van der Waals surface area contributed by atoms with Crippen LogP contribution in [0.25, 0.3) is 0 Å². The zero-order valence-electron chi connectivity index (χ0n) is 15.0. The van der Waals surface area contributed by atoms with Crippen LogP contribution < -0.4 is 5.32 Å². The van der Waals surface area contributed by atoms with Crippen molar-refractivity contribution in [1.82, 2.24) is 20.0 Å². The molecule has 3 rings (SSSR count). The van der Waals surface area contributed by atoms with Gasteiger partial charge in [-0.15, -0.1) is 0 Å². The van der Waals surface area contributed by atoms with Crippen molar-refractivity contribution in [3.63, 3.8) is 0 Å². The standard InChI is InChI=1S/C20H28N4O/c1-17(16-24-11-5-10-22-24)21-15-20(25)23-12-8-19(9-13-23)14-18-6-3-2-4-7-18/h2-7,10-11,17,19,21H,8-9,12-16H2,1H3/t17-/m0/s1. The average molecular weight is 340 g/mol. The predicted molar refractivity (Wildman–Crippen MR) is 99.1 cm³/mol. The Labute approximate surface area is 150 Å². The molecule has 1 saturated heterocycles. The van der Waals surface area contributed by atoms with Crippen LogP contribution in [0.15, 0.2) is 48.8 Å². The molecule has 2 aromatic rings. The van der Waals surface area contributed by atoms with Crippen LogP contribution in [0.4, 0.5) is 0 Å². The van der Waals surface area contributed by atoms with Gasteiger partial charge >= 0.3 is 0 Å². The molecular formula is C20H28N4O. The Balaban J connectivity index is 1.36. The van der Waals surface area contributed by atoms with Crippen molar-refractivity contribution in [3.8, 4) is 0 Å². The van der Waals surface area contributed by atoms with Crippen molar-refractivity contribution in [3.05, 3.63) is 54.4 Å². The molecular weight excluding hydrogens is 312 g/mol. The third kappa shape index (κ3) is 5.43. The summed E-state index contributed by atoms with van der Waals surface area (Å²) in [6.45, 7) is 5.03. The second-order valence-electron chi connectivity index (χ2n) is 7.02. The van der Waals surface area contributed by atoms with Gasteiger partial charge in [0.05, 0.1) is 13.1 Å². The topological polar surface area (TPSA) is 50.2 Å². The highest BCUT2D eigenvalue weighted by molar-refractivity contribution is 5.78. The van der Waals surface area contributed by atoms with Gasteiger partial charge in [0.2, 0.25) is 5.91 Å². The van der Waals surface area contributed by atoms with Crippen LogP contribution in [0.1, 0.15) is 25.3 Å². The lowest BCUT2D eigenvalue weighted by Gasteiger charge is -2.32. The first-order valence-corrected chi connectivity index (χ1v) is 9.23. The molecule has 0 spiro atoms.